The number of aromatic nitrogens is 3. The van der Waals surface area contributed by atoms with Gasteiger partial charge in [-0.25, -0.2) is 4.98 Å². The molecular formula is C24H23N5O. The predicted molar refractivity (Wildman–Crippen MR) is 120 cm³/mol. The molecule has 0 bridgehead atoms. The van der Waals surface area contributed by atoms with Crippen LogP contribution in [0, 0.1) is 0 Å². The van der Waals surface area contributed by atoms with Crippen molar-refractivity contribution in [3.63, 3.8) is 0 Å². The standard InChI is InChI=1S/C24H23N5O/c1-2-30-21-10-8-20(9-11-21)27-23-16-22(19-6-4-3-5-7-19)28-24(29-23)26-17-18-12-14-25-15-13-18/h3-16H,2,17H2,1H3,(H2,26,27,28,29). The molecule has 0 unspecified atom stereocenters. The number of anilines is 3. The van der Waals surface area contributed by atoms with Gasteiger partial charge in [0.05, 0.1) is 12.3 Å². The van der Waals surface area contributed by atoms with E-state index in [2.05, 4.69) is 20.6 Å². The Morgan fingerprint density at radius 2 is 1.63 bits per heavy atom. The van der Waals surface area contributed by atoms with Crippen molar-refractivity contribution in [1.29, 1.82) is 0 Å². The van der Waals surface area contributed by atoms with Crippen LogP contribution in [-0.4, -0.2) is 21.6 Å². The van der Waals surface area contributed by atoms with Gasteiger partial charge in [-0.3, -0.25) is 4.98 Å². The maximum absolute atomic E-state index is 5.51. The molecule has 0 atom stereocenters. The molecule has 2 aromatic carbocycles. The Kier molecular flexibility index (Phi) is 6.15. The van der Waals surface area contributed by atoms with Crippen LogP contribution in [0.1, 0.15) is 12.5 Å². The van der Waals surface area contributed by atoms with Crippen LogP contribution in [0.25, 0.3) is 11.3 Å². The lowest BCUT2D eigenvalue weighted by Gasteiger charge is -2.12. The van der Waals surface area contributed by atoms with Crippen molar-refractivity contribution < 1.29 is 4.74 Å². The van der Waals surface area contributed by atoms with Crippen molar-refractivity contribution in [2.24, 2.45) is 0 Å². The lowest BCUT2D eigenvalue weighted by atomic mass is 10.1. The van der Waals surface area contributed by atoms with E-state index in [0.29, 0.717) is 24.9 Å². The molecule has 4 aromatic rings. The Balaban J connectivity index is 1.59. The summed E-state index contributed by atoms with van der Waals surface area (Å²) in [6.07, 6.45) is 3.55. The molecule has 0 aliphatic carbocycles. The monoisotopic (exact) mass is 397 g/mol. The first-order valence-corrected chi connectivity index (χ1v) is 9.87. The third-order valence-electron chi connectivity index (χ3n) is 4.43. The first-order valence-electron chi connectivity index (χ1n) is 9.87. The highest BCUT2D eigenvalue weighted by Gasteiger charge is 2.08. The van der Waals surface area contributed by atoms with E-state index in [1.807, 2.05) is 79.7 Å². The van der Waals surface area contributed by atoms with Crippen LogP contribution in [0.15, 0.2) is 85.2 Å². The predicted octanol–water partition coefficient (Wildman–Crippen LogP) is 5.29. The van der Waals surface area contributed by atoms with Crippen molar-refractivity contribution in [3.05, 3.63) is 90.8 Å². The van der Waals surface area contributed by atoms with Crippen LogP contribution in [0.4, 0.5) is 17.5 Å². The Hall–Kier alpha value is -3.93. The Morgan fingerprint density at radius 3 is 2.37 bits per heavy atom. The number of pyridine rings is 1. The zero-order chi connectivity index (χ0) is 20.6. The highest BCUT2D eigenvalue weighted by Crippen LogP contribution is 2.25. The highest BCUT2D eigenvalue weighted by atomic mass is 16.5. The second kappa shape index (κ2) is 9.52. The molecule has 0 aliphatic rings. The summed E-state index contributed by atoms with van der Waals surface area (Å²) in [7, 11) is 0. The summed E-state index contributed by atoms with van der Waals surface area (Å²) in [6.45, 7) is 3.23. The Bertz CT molecular complexity index is 1070. The number of nitrogens with one attached hydrogen (secondary N) is 2. The van der Waals surface area contributed by atoms with Crippen LogP contribution in [0.3, 0.4) is 0 Å². The molecule has 0 spiro atoms. The number of rotatable bonds is 8. The topological polar surface area (TPSA) is 72.0 Å². The summed E-state index contributed by atoms with van der Waals surface area (Å²) in [5.74, 6) is 2.11. The second-order valence-electron chi connectivity index (χ2n) is 6.62. The third-order valence-corrected chi connectivity index (χ3v) is 4.43. The van der Waals surface area contributed by atoms with Gasteiger partial charge in [0, 0.05) is 36.3 Å². The van der Waals surface area contributed by atoms with Gasteiger partial charge in [-0.1, -0.05) is 30.3 Å². The molecule has 2 N–H and O–H groups in total. The maximum Gasteiger partial charge on any atom is 0.225 e. The van der Waals surface area contributed by atoms with Crippen LogP contribution in [0.5, 0.6) is 5.75 Å². The normalized spacial score (nSPS) is 10.4. The highest BCUT2D eigenvalue weighted by molar-refractivity contribution is 5.67. The molecule has 6 nitrogen and oxygen atoms in total. The van der Waals surface area contributed by atoms with Crippen LogP contribution in [0.2, 0.25) is 0 Å². The minimum atomic E-state index is 0.557. The number of hydrogen-bond acceptors (Lipinski definition) is 6. The minimum absolute atomic E-state index is 0.557. The maximum atomic E-state index is 5.51. The van der Waals surface area contributed by atoms with Crippen molar-refractivity contribution >= 4 is 17.5 Å². The summed E-state index contributed by atoms with van der Waals surface area (Å²) in [6, 6.07) is 23.8. The van der Waals surface area contributed by atoms with Gasteiger partial charge in [0.15, 0.2) is 0 Å². The lowest BCUT2D eigenvalue weighted by Crippen LogP contribution is -2.06. The van der Waals surface area contributed by atoms with Crippen molar-refractivity contribution in [2.75, 3.05) is 17.2 Å². The lowest BCUT2D eigenvalue weighted by molar-refractivity contribution is 0.340. The van der Waals surface area contributed by atoms with Gasteiger partial charge in [0.1, 0.15) is 11.6 Å². The summed E-state index contributed by atoms with van der Waals surface area (Å²) in [4.78, 5) is 13.4. The summed E-state index contributed by atoms with van der Waals surface area (Å²) >= 11 is 0. The summed E-state index contributed by atoms with van der Waals surface area (Å²) < 4.78 is 5.51. The van der Waals surface area contributed by atoms with Gasteiger partial charge in [-0.15, -0.1) is 0 Å². The number of ether oxygens (including phenoxy) is 1. The number of hydrogen-bond donors (Lipinski definition) is 2. The molecular weight excluding hydrogens is 374 g/mol. The fraction of sp³-hybridized carbons (Fsp3) is 0.125. The van der Waals surface area contributed by atoms with Crippen LogP contribution in [-0.2, 0) is 6.54 Å². The van der Waals surface area contributed by atoms with E-state index >= 15 is 0 Å². The SMILES string of the molecule is CCOc1ccc(Nc2cc(-c3ccccc3)nc(NCc3ccncc3)n2)cc1. The zero-order valence-corrected chi connectivity index (χ0v) is 16.7. The van der Waals surface area contributed by atoms with Crippen molar-refractivity contribution in [1.82, 2.24) is 15.0 Å². The van der Waals surface area contributed by atoms with Gasteiger partial charge in [-0.05, 0) is 48.9 Å². The quantitative estimate of drug-likeness (QED) is 0.421. The van der Waals surface area contributed by atoms with Crippen LogP contribution >= 0.6 is 0 Å². The molecule has 4 rings (SSSR count). The fourth-order valence-electron chi connectivity index (χ4n) is 2.98. The largest absolute Gasteiger partial charge is 0.494 e. The van der Waals surface area contributed by atoms with Gasteiger partial charge in [-0.2, -0.15) is 4.98 Å². The fourth-order valence-corrected chi connectivity index (χ4v) is 2.98. The molecule has 6 heteroatoms. The van der Waals surface area contributed by atoms with E-state index in [1.165, 1.54) is 0 Å². The third kappa shape index (κ3) is 5.11. The molecule has 2 heterocycles. The molecule has 2 aromatic heterocycles. The average Bonchev–Trinajstić information content (AvgIpc) is 2.80. The molecule has 0 saturated carbocycles. The number of benzene rings is 2. The second-order valence-corrected chi connectivity index (χ2v) is 6.62. The van der Waals surface area contributed by atoms with E-state index < -0.39 is 0 Å². The Morgan fingerprint density at radius 1 is 0.867 bits per heavy atom. The van der Waals surface area contributed by atoms with E-state index in [4.69, 9.17) is 9.72 Å². The molecule has 0 fully saturated rings. The summed E-state index contributed by atoms with van der Waals surface area (Å²) in [5.41, 5.74) is 3.91. The smallest absolute Gasteiger partial charge is 0.225 e. The van der Waals surface area contributed by atoms with Crippen LogP contribution < -0.4 is 15.4 Å². The van der Waals surface area contributed by atoms with E-state index in [1.54, 1.807) is 12.4 Å². The molecule has 150 valence electrons. The van der Waals surface area contributed by atoms with E-state index in [0.717, 1.165) is 28.3 Å². The first-order chi connectivity index (χ1) is 14.8. The first kappa shape index (κ1) is 19.4. The Labute approximate surface area is 176 Å². The molecule has 0 aliphatic heterocycles. The van der Waals surface area contributed by atoms with Gasteiger partial charge >= 0.3 is 0 Å². The van der Waals surface area contributed by atoms with Gasteiger partial charge in [0.25, 0.3) is 0 Å². The van der Waals surface area contributed by atoms with E-state index in [-0.39, 0.29) is 0 Å². The average molecular weight is 397 g/mol. The zero-order valence-electron chi connectivity index (χ0n) is 16.7. The van der Waals surface area contributed by atoms with Gasteiger partial charge < -0.3 is 15.4 Å². The summed E-state index contributed by atoms with van der Waals surface area (Å²) in [5, 5.41) is 6.68. The van der Waals surface area contributed by atoms with Gasteiger partial charge in [0.2, 0.25) is 5.95 Å². The molecule has 0 radical (unpaired) electrons. The van der Waals surface area contributed by atoms with Crippen molar-refractivity contribution in [2.45, 2.75) is 13.5 Å². The molecule has 0 saturated heterocycles. The van der Waals surface area contributed by atoms with Crippen molar-refractivity contribution in [3.8, 4) is 17.0 Å². The number of nitrogens with zero attached hydrogens (tertiary/aromatic N) is 3. The van der Waals surface area contributed by atoms with E-state index in [9.17, 15) is 0 Å². The molecule has 30 heavy (non-hydrogen) atoms. The minimum Gasteiger partial charge on any atom is -0.494 e. The molecule has 0 amide bonds.